The third kappa shape index (κ3) is 5.88. The number of fused-ring (bicyclic) bond motifs is 1. The van der Waals surface area contributed by atoms with Crippen LogP contribution in [0, 0.1) is 0 Å². The summed E-state index contributed by atoms with van der Waals surface area (Å²) >= 11 is 2.35. The van der Waals surface area contributed by atoms with E-state index in [9.17, 15) is 24.4 Å². The molecule has 2 aliphatic heterocycles. The first-order chi connectivity index (χ1) is 17.2. The number of methoxy groups -OCH3 is 1. The van der Waals surface area contributed by atoms with E-state index in [0.29, 0.717) is 17.7 Å². The number of carbonyl (C=O) groups excluding carboxylic acids is 4. The number of nitrogens with zero attached hydrogens (tertiary/aromatic N) is 3. The number of nitrogens with one attached hydrogen (secondary N) is 1. The number of amides is 2. The number of hydrogen-bond donors (Lipinski definition) is 3. The summed E-state index contributed by atoms with van der Waals surface area (Å²) in [6.07, 6.45) is -1.69. The van der Waals surface area contributed by atoms with Gasteiger partial charge in [-0.1, -0.05) is 12.1 Å². The average molecular weight is 544 g/mol. The SMILES string of the molecule is CCCOC(=O)OC(C)OC(=O)C1=C(COC)CS[C@@H]2C(NC(=O)/C(=N\O)c3csc(N)n3)C(=O)N12. The molecule has 2 aliphatic rings. The molecule has 1 aromatic heterocycles. The standard InChI is InChI=1S/C20H25N5O9S2/c1-4-5-32-20(29)34-9(2)33-18(28)14-10(6-31-3)7-35-17-13(16(27)25(14)17)23-15(26)12(24-30)11-8-36-19(21)22-11/h8-9,13,17,30H,4-7H2,1-3H3,(H2,21,22)(H,23,26)/b24-12-/t9?,13?,17-/m1/s1. The van der Waals surface area contributed by atoms with Crippen LogP contribution in [-0.2, 0) is 33.3 Å². The fourth-order valence-corrected chi connectivity index (χ4v) is 5.24. The lowest BCUT2D eigenvalue weighted by atomic mass is 10.0. The second-order valence-electron chi connectivity index (χ2n) is 7.45. The van der Waals surface area contributed by atoms with E-state index in [-0.39, 0.29) is 29.7 Å². The molecule has 0 bridgehead atoms. The summed E-state index contributed by atoms with van der Waals surface area (Å²) < 4.78 is 20.1. The summed E-state index contributed by atoms with van der Waals surface area (Å²) in [6.45, 7) is 3.34. The molecule has 16 heteroatoms. The molecular weight excluding hydrogens is 518 g/mol. The van der Waals surface area contributed by atoms with Crippen LogP contribution in [0.4, 0.5) is 9.93 Å². The molecule has 196 valence electrons. The molecule has 3 rings (SSSR count). The molecule has 1 fully saturated rings. The molecule has 3 heterocycles. The van der Waals surface area contributed by atoms with Gasteiger partial charge in [0.25, 0.3) is 11.8 Å². The number of anilines is 1. The Morgan fingerprint density at radius 1 is 1.39 bits per heavy atom. The molecule has 0 spiro atoms. The first-order valence-corrected chi connectivity index (χ1v) is 12.6. The largest absolute Gasteiger partial charge is 0.511 e. The summed E-state index contributed by atoms with van der Waals surface area (Å²) in [5.74, 6) is -2.04. The fourth-order valence-electron chi connectivity index (χ4n) is 3.36. The van der Waals surface area contributed by atoms with Crippen molar-refractivity contribution in [1.29, 1.82) is 0 Å². The van der Waals surface area contributed by atoms with Gasteiger partial charge in [-0.15, -0.1) is 23.1 Å². The van der Waals surface area contributed by atoms with Crippen molar-refractivity contribution >= 4 is 57.9 Å². The summed E-state index contributed by atoms with van der Waals surface area (Å²) in [5.41, 5.74) is 5.63. The van der Waals surface area contributed by atoms with Crippen LogP contribution in [0.15, 0.2) is 21.8 Å². The van der Waals surface area contributed by atoms with E-state index in [1.54, 1.807) is 0 Å². The minimum absolute atomic E-state index is 0.0469. The van der Waals surface area contributed by atoms with Gasteiger partial charge in [0.1, 0.15) is 22.8 Å². The first kappa shape index (κ1) is 27.2. The number of thioether (sulfide) groups is 1. The predicted molar refractivity (Wildman–Crippen MR) is 127 cm³/mol. The zero-order valence-electron chi connectivity index (χ0n) is 19.6. The molecule has 0 aliphatic carbocycles. The van der Waals surface area contributed by atoms with E-state index in [1.165, 1.54) is 36.1 Å². The number of rotatable bonds is 10. The van der Waals surface area contributed by atoms with E-state index in [4.69, 9.17) is 24.7 Å². The van der Waals surface area contributed by atoms with E-state index in [2.05, 4.69) is 15.5 Å². The van der Waals surface area contributed by atoms with Crippen molar-refractivity contribution < 1.29 is 43.3 Å². The molecule has 3 atom stereocenters. The highest BCUT2D eigenvalue weighted by atomic mass is 32.2. The number of aromatic nitrogens is 1. The van der Waals surface area contributed by atoms with Crippen molar-refractivity contribution in [2.24, 2.45) is 5.16 Å². The Bertz CT molecular complexity index is 1090. The molecule has 4 N–H and O–H groups in total. The van der Waals surface area contributed by atoms with Crippen LogP contribution in [0.3, 0.4) is 0 Å². The van der Waals surface area contributed by atoms with Gasteiger partial charge < -0.3 is 35.2 Å². The summed E-state index contributed by atoms with van der Waals surface area (Å²) in [6, 6.07) is -1.01. The van der Waals surface area contributed by atoms with Crippen LogP contribution < -0.4 is 11.1 Å². The van der Waals surface area contributed by atoms with Crippen LogP contribution in [0.1, 0.15) is 26.0 Å². The Morgan fingerprint density at radius 3 is 2.75 bits per heavy atom. The van der Waals surface area contributed by atoms with Gasteiger partial charge in [0.15, 0.2) is 10.8 Å². The Kier molecular flexibility index (Phi) is 9.11. The predicted octanol–water partition coefficient (Wildman–Crippen LogP) is 0.656. The van der Waals surface area contributed by atoms with Gasteiger partial charge in [0, 0.05) is 25.2 Å². The van der Waals surface area contributed by atoms with Crippen LogP contribution in [0.5, 0.6) is 0 Å². The third-order valence-electron chi connectivity index (χ3n) is 4.88. The molecule has 2 unspecified atom stereocenters. The maximum Gasteiger partial charge on any atom is 0.511 e. The molecule has 36 heavy (non-hydrogen) atoms. The van der Waals surface area contributed by atoms with Crippen LogP contribution in [0.2, 0.25) is 0 Å². The number of thiazole rings is 1. The van der Waals surface area contributed by atoms with Crippen LogP contribution in [-0.4, -0.2) is 88.5 Å². The fraction of sp³-hybridized carbons (Fsp3) is 0.500. The monoisotopic (exact) mass is 543 g/mol. The maximum absolute atomic E-state index is 13.0. The minimum Gasteiger partial charge on any atom is -0.434 e. The van der Waals surface area contributed by atoms with Crippen molar-refractivity contribution in [2.75, 3.05) is 31.8 Å². The van der Waals surface area contributed by atoms with Gasteiger partial charge in [-0.3, -0.25) is 14.5 Å². The van der Waals surface area contributed by atoms with Crippen LogP contribution in [0.25, 0.3) is 0 Å². The second kappa shape index (κ2) is 12.0. The number of esters is 1. The third-order valence-corrected chi connectivity index (χ3v) is 6.90. The highest BCUT2D eigenvalue weighted by molar-refractivity contribution is 8.00. The number of β-lactam (4-membered cyclic amide) rings is 1. The summed E-state index contributed by atoms with van der Waals surface area (Å²) in [5, 5.41) is 15.7. The molecule has 1 saturated heterocycles. The van der Waals surface area contributed by atoms with Crippen molar-refractivity contribution in [3.8, 4) is 0 Å². The van der Waals surface area contributed by atoms with E-state index < -0.39 is 47.4 Å². The van der Waals surface area contributed by atoms with Crippen molar-refractivity contribution in [2.45, 2.75) is 38.0 Å². The Labute approximate surface area is 213 Å². The number of ether oxygens (including phenoxy) is 4. The van der Waals surface area contributed by atoms with Crippen molar-refractivity contribution in [3.63, 3.8) is 0 Å². The maximum atomic E-state index is 13.0. The van der Waals surface area contributed by atoms with Gasteiger partial charge in [0.2, 0.25) is 6.29 Å². The van der Waals surface area contributed by atoms with Gasteiger partial charge in [-0.25, -0.2) is 14.6 Å². The number of nitrogens with two attached hydrogens (primary N) is 1. The Hall–Kier alpha value is -3.37. The minimum atomic E-state index is -1.29. The van der Waals surface area contributed by atoms with Gasteiger partial charge in [-0.2, -0.15) is 0 Å². The lowest BCUT2D eigenvalue weighted by Gasteiger charge is -2.49. The number of oxime groups is 1. The normalized spacial score (nSPS) is 20.2. The molecule has 0 saturated carbocycles. The zero-order chi connectivity index (χ0) is 26.4. The van der Waals surface area contributed by atoms with Crippen molar-refractivity contribution in [3.05, 3.63) is 22.3 Å². The molecule has 14 nitrogen and oxygen atoms in total. The van der Waals surface area contributed by atoms with Gasteiger partial charge in [-0.05, 0) is 12.0 Å². The number of nitrogen functional groups attached to an aromatic ring is 1. The zero-order valence-corrected chi connectivity index (χ0v) is 21.2. The topological polar surface area (TPSA) is 192 Å². The molecular formula is C20H25N5O9S2. The first-order valence-electron chi connectivity index (χ1n) is 10.7. The molecule has 2 amide bonds. The van der Waals surface area contributed by atoms with Gasteiger partial charge in [0.05, 0.1) is 13.2 Å². The highest BCUT2D eigenvalue weighted by Gasteiger charge is 2.55. The highest BCUT2D eigenvalue weighted by Crippen LogP contribution is 2.40. The van der Waals surface area contributed by atoms with E-state index in [1.807, 2.05) is 6.92 Å². The number of hydrogen-bond acceptors (Lipinski definition) is 14. The van der Waals surface area contributed by atoms with Crippen LogP contribution >= 0.6 is 23.1 Å². The Balaban J connectivity index is 1.71. The lowest BCUT2D eigenvalue weighted by molar-refractivity contribution is -0.169. The average Bonchev–Trinajstić information content (AvgIpc) is 3.26. The van der Waals surface area contributed by atoms with Crippen molar-refractivity contribution in [1.82, 2.24) is 15.2 Å². The molecule has 0 aromatic carbocycles. The molecule has 0 radical (unpaired) electrons. The number of carbonyl (C=O) groups is 4. The van der Waals surface area contributed by atoms with E-state index >= 15 is 0 Å². The smallest absolute Gasteiger partial charge is 0.434 e. The Morgan fingerprint density at radius 2 is 2.14 bits per heavy atom. The van der Waals surface area contributed by atoms with E-state index in [0.717, 1.165) is 11.3 Å². The van der Waals surface area contributed by atoms with Gasteiger partial charge >= 0.3 is 12.1 Å². The lowest BCUT2D eigenvalue weighted by Crippen LogP contribution is -2.71. The summed E-state index contributed by atoms with van der Waals surface area (Å²) in [4.78, 5) is 55.4. The quantitative estimate of drug-likeness (QED) is 0.0933. The summed E-state index contributed by atoms with van der Waals surface area (Å²) in [7, 11) is 1.43. The molecule has 1 aromatic rings. The second-order valence-corrected chi connectivity index (χ2v) is 9.45.